The van der Waals surface area contributed by atoms with E-state index in [4.69, 9.17) is 11.6 Å². The lowest BCUT2D eigenvalue weighted by molar-refractivity contribution is 0.329. The Morgan fingerprint density at radius 3 is 2.67 bits per heavy atom. The maximum Gasteiger partial charge on any atom is 0.0568 e. The molecule has 3 rings (SSSR count). The summed E-state index contributed by atoms with van der Waals surface area (Å²) in [5, 5.41) is 5.31. The molecule has 1 saturated carbocycles. The molecule has 1 aromatic carbocycles. The first-order chi connectivity index (χ1) is 8.84. The number of halogens is 1. The van der Waals surface area contributed by atoms with Crippen molar-refractivity contribution in [2.24, 2.45) is 0 Å². The molecule has 1 aliphatic carbocycles. The molecule has 3 heteroatoms. The van der Waals surface area contributed by atoms with Gasteiger partial charge in [0.15, 0.2) is 0 Å². The first-order valence-corrected chi connectivity index (χ1v) is 7.01. The van der Waals surface area contributed by atoms with Crippen molar-refractivity contribution in [1.29, 1.82) is 0 Å². The van der Waals surface area contributed by atoms with Crippen molar-refractivity contribution < 1.29 is 0 Å². The molecular weight excluding hydrogens is 244 g/mol. The monoisotopic (exact) mass is 260 g/mol. The minimum absolute atomic E-state index is 0.579. The van der Waals surface area contributed by atoms with Crippen LogP contribution in [0.1, 0.15) is 38.1 Å². The van der Waals surface area contributed by atoms with E-state index < -0.39 is 0 Å². The molecule has 1 aliphatic rings. The number of rotatable bonds is 2. The van der Waals surface area contributed by atoms with Gasteiger partial charge in [-0.05, 0) is 18.9 Å². The summed E-state index contributed by atoms with van der Waals surface area (Å²) < 4.78 is 2.12. The topological polar surface area (TPSA) is 17.8 Å². The number of benzene rings is 1. The van der Waals surface area contributed by atoms with Gasteiger partial charge in [-0.2, -0.15) is 5.10 Å². The van der Waals surface area contributed by atoms with Crippen LogP contribution < -0.4 is 0 Å². The zero-order chi connectivity index (χ0) is 12.4. The van der Waals surface area contributed by atoms with Crippen LogP contribution in [-0.4, -0.2) is 9.78 Å². The summed E-state index contributed by atoms with van der Waals surface area (Å²) in [4.78, 5) is 0. The molecule has 1 heterocycles. The fraction of sp³-hybridized carbons (Fsp3) is 0.400. The lowest BCUT2D eigenvalue weighted by atomic mass is 9.96. The Morgan fingerprint density at radius 2 is 1.89 bits per heavy atom. The largest absolute Gasteiger partial charge is 0.269 e. The van der Waals surface area contributed by atoms with E-state index in [1.165, 1.54) is 32.1 Å². The van der Waals surface area contributed by atoms with E-state index in [2.05, 4.69) is 16.0 Å². The molecule has 0 amide bonds. The molecular formula is C15H17ClN2. The van der Waals surface area contributed by atoms with Gasteiger partial charge in [0.25, 0.3) is 0 Å². The van der Waals surface area contributed by atoms with Crippen molar-refractivity contribution in [3.05, 3.63) is 41.7 Å². The van der Waals surface area contributed by atoms with E-state index in [9.17, 15) is 0 Å². The highest BCUT2D eigenvalue weighted by Gasteiger charge is 2.16. The predicted molar refractivity (Wildman–Crippen MR) is 74.8 cm³/mol. The summed E-state index contributed by atoms with van der Waals surface area (Å²) in [6.07, 6.45) is 10.6. The summed E-state index contributed by atoms with van der Waals surface area (Å²) in [7, 11) is 0. The van der Waals surface area contributed by atoms with Gasteiger partial charge in [-0.15, -0.1) is 0 Å². The number of hydrogen-bond acceptors (Lipinski definition) is 1. The van der Waals surface area contributed by atoms with Crippen molar-refractivity contribution in [1.82, 2.24) is 9.78 Å². The third-order valence-electron chi connectivity index (χ3n) is 3.74. The molecule has 0 bridgehead atoms. The summed E-state index contributed by atoms with van der Waals surface area (Å²) in [6, 6.07) is 8.52. The van der Waals surface area contributed by atoms with E-state index >= 15 is 0 Å². The van der Waals surface area contributed by atoms with Crippen LogP contribution in [0.4, 0.5) is 0 Å². The number of hydrogen-bond donors (Lipinski definition) is 0. The van der Waals surface area contributed by atoms with Crippen molar-refractivity contribution in [3.8, 4) is 11.1 Å². The number of aromatic nitrogens is 2. The van der Waals surface area contributed by atoms with E-state index in [-0.39, 0.29) is 0 Å². The molecule has 18 heavy (non-hydrogen) atoms. The Morgan fingerprint density at radius 1 is 1.11 bits per heavy atom. The summed E-state index contributed by atoms with van der Waals surface area (Å²) >= 11 is 6.22. The molecule has 0 saturated heterocycles. The maximum atomic E-state index is 6.22. The van der Waals surface area contributed by atoms with Gasteiger partial charge in [0.2, 0.25) is 0 Å². The molecule has 0 N–H and O–H groups in total. The van der Waals surface area contributed by atoms with Crippen LogP contribution in [0.3, 0.4) is 0 Å². The van der Waals surface area contributed by atoms with E-state index in [1.807, 2.05) is 30.5 Å². The van der Waals surface area contributed by atoms with Crippen molar-refractivity contribution >= 4 is 11.6 Å². The third kappa shape index (κ3) is 2.30. The second-order valence-electron chi connectivity index (χ2n) is 4.98. The van der Waals surface area contributed by atoms with E-state index in [1.54, 1.807) is 0 Å². The third-order valence-corrected chi connectivity index (χ3v) is 4.06. The smallest absolute Gasteiger partial charge is 0.0568 e. The Hall–Kier alpha value is -1.28. The van der Waals surface area contributed by atoms with Crippen LogP contribution >= 0.6 is 11.6 Å². The average molecular weight is 261 g/mol. The van der Waals surface area contributed by atoms with Gasteiger partial charge in [0.05, 0.1) is 12.2 Å². The normalized spacial score (nSPS) is 16.9. The molecule has 0 atom stereocenters. The summed E-state index contributed by atoms with van der Waals surface area (Å²) in [6.45, 7) is 0. The minimum Gasteiger partial charge on any atom is -0.269 e. The Kier molecular flexibility index (Phi) is 3.37. The standard InChI is InChI=1S/C15H17ClN2/c16-15-9-5-4-8-14(15)12-10-17-18(11-12)13-6-2-1-3-7-13/h4-5,8-11,13H,1-3,6-7H2. The Balaban J connectivity index is 1.87. The van der Waals surface area contributed by atoms with Gasteiger partial charge >= 0.3 is 0 Å². The highest BCUT2D eigenvalue weighted by molar-refractivity contribution is 6.33. The first kappa shape index (κ1) is 11.8. The van der Waals surface area contributed by atoms with Crippen molar-refractivity contribution in [2.45, 2.75) is 38.1 Å². The second-order valence-corrected chi connectivity index (χ2v) is 5.39. The molecule has 0 unspecified atom stereocenters. The summed E-state index contributed by atoms with van der Waals surface area (Å²) in [5.74, 6) is 0. The van der Waals surface area contributed by atoms with Crippen LogP contribution in [0.2, 0.25) is 5.02 Å². The lowest BCUT2D eigenvalue weighted by Crippen LogP contribution is -2.12. The lowest BCUT2D eigenvalue weighted by Gasteiger charge is -2.21. The zero-order valence-electron chi connectivity index (χ0n) is 10.3. The summed E-state index contributed by atoms with van der Waals surface area (Å²) in [5.41, 5.74) is 2.19. The van der Waals surface area contributed by atoms with Crippen LogP contribution in [0.15, 0.2) is 36.7 Å². The SMILES string of the molecule is Clc1ccccc1-c1cnn(C2CCCCC2)c1. The second kappa shape index (κ2) is 5.15. The molecule has 0 spiro atoms. The van der Waals surface area contributed by atoms with Crippen LogP contribution in [0.5, 0.6) is 0 Å². The van der Waals surface area contributed by atoms with Gasteiger partial charge in [-0.3, -0.25) is 4.68 Å². The quantitative estimate of drug-likeness (QED) is 0.765. The predicted octanol–water partition coefficient (Wildman–Crippen LogP) is 4.71. The first-order valence-electron chi connectivity index (χ1n) is 6.63. The molecule has 94 valence electrons. The molecule has 0 radical (unpaired) electrons. The maximum absolute atomic E-state index is 6.22. The average Bonchev–Trinajstić information content (AvgIpc) is 2.90. The number of nitrogens with zero attached hydrogens (tertiary/aromatic N) is 2. The highest BCUT2D eigenvalue weighted by Crippen LogP contribution is 2.31. The molecule has 1 aromatic heterocycles. The minimum atomic E-state index is 0.579. The Bertz CT molecular complexity index is 527. The van der Waals surface area contributed by atoms with Gasteiger partial charge in [-0.25, -0.2) is 0 Å². The molecule has 2 aromatic rings. The van der Waals surface area contributed by atoms with Gasteiger partial charge < -0.3 is 0 Å². The van der Waals surface area contributed by atoms with Crippen LogP contribution in [0, 0.1) is 0 Å². The fourth-order valence-corrected chi connectivity index (χ4v) is 2.96. The zero-order valence-corrected chi connectivity index (χ0v) is 11.1. The van der Waals surface area contributed by atoms with Gasteiger partial charge in [-0.1, -0.05) is 49.1 Å². The van der Waals surface area contributed by atoms with Gasteiger partial charge in [0.1, 0.15) is 0 Å². The van der Waals surface area contributed by atoms with Gasteiger partial charge in [0, 0.05) is 22.3 Å². The molecule has 0 aliphatic heterocycles. The van der Waals surface area contributed by atoms with Crippen molar-refractivity contribution in [3.63, 3.8) is 0 Å². The fourth-order valence-electron chi connectivity index (χ4n) is 2.72. The van der Waals surface area contributed by atoms with E-state index in [0.29, 0.717) is 6.04 Å². The molecule has 2 nitrogen and oxygen atoms in total. The van der Waals surface area contributed by atoms with E-state index in [0.717, 1.165) is 16.1 Å². The van der Waals surface area contributed by atoms with Crippen LogP contribution in [0.25, 0.3) is 11.1 Å². The van der Waals surface area contributed by atoms with Crippen LogP contribution in [-0.2, 0) is 0 Å². The van der Waals surface area contributed by atoms with Crippen molar-refractivity contribution in [2.75, 3.05) is 0 Å². The Labute approximate surface area is 113 Å². The molecule has 1 fully saturated rings. The highest BCUT2D eigenvalue weighted by atomic mass is 35.5.